The summed E-state index contributed by atoms with van der Waals surface area (Å²) in [6, 6.07) is 61.1. The summed E-state index contributed by atoms with van der Waals surface area (Å²) in [5.41, 5.74) is 18.7. The van der Waals surface area contributed by atoms with Crippen molar-refractivity contribution in [2.24, 2.45) is 0 Å². The SMILES string of the molecule is C(=C1CCCCC1)c1ccc(N(c2ccc(C=C3CCCCC3)cc2)c2ccc3c4cccc5c(N(c6ccc(C=C7CCCCC7)cc6)c6ccc(C=C7CCCCC7)cc6)ccc(c6cccc2c63)c54)cc1. The fraction of sp³-hybridized carbons (Fsp3) is 0.278. The number of allylic oxidation sites excluding steroid dienone is 4. The molecule has 0 heterocycles. The third-order valence-electron chi connectivity index (χ3n) is 17.2. The second-order valence-electron chi connectivity index (χ2n) is 22.2. The van der Waals surface area contributed by atoms with E-state index in [0.717, 1.165) is 0 Å². The summed E-state index contributed by atoms with van der Waals surface area (Å²) in [4.78, 5) is 5.01. The lowest BCUT2D eigenvalue weighted by Crippen LogP contribution is -2.11. The molecule has 368 valence electrons. The van der Waals surface area contributed by atoms with Crippen LogP contribution in [0.15, 0.2) is 180 Å². The van der Waals surface area contributed by atoms with Gasteiger partial charge in [0.15, 0.2) is 0 Å². The van der Waals surface area contributed by atoms with Crippen LogP contribution >= 0.6 is 0 Å². The molecule has 4 aliphatic carbocycles. The van der Waals surface area contributed by atoms with Crippen LogP contribution in [0.3, 0.4) is 0 Å². The van der Waals surface area contributed by atoms with E-state index in [-0.39, 0.29) is 0 Å². The van der Waals surface area contributed by atoms with Crippen molar-refractivity contribution in [3.8, 4) is 0 Å². The van der Waals surface area contributed by atoms with E-state index in [0.29, 0.717) is 0 Å². The average molecular weight is 963 g/mol. The van der Waals surface area contributed by atoms with Gasteiger partial charge in [-0.2, -0.15) is 0 Å². The molecule has 9 aromatic carbocycles. The molecule has 0 aliphatic heterocycles. The molecule has 0 saturated heterocycles. The Balaban J connectivity index is 0.936. The molecule has 2 heteroatoms. The summed E-state index contributed by atoms with van der Waals surface area (Å²) in [7, 11) is 0. The van der Waals surface area contributed by atoms with E-state index in [4.69, 9.17) is 0 Å². The number of benzene rings is 9. The smallest absolute Gasteiger partial charge is 0.0540 e. The molecule has 0 atom stereocenters. The molecule has 4 aliphatic rings. The highest BCUT2D eigenvalue weighted by atomic mass is 15.1. The van der Waals surface area contributed by atoms with E-state index < -0.39 is 0 Å². The summed E-state index contributed by atoms with van der Waals surface area (Å²) in [6.45, 7) is 0. The van der Waals surface area contributed by atoms with Crippen molar-refractivity contribution in [3.05, 3.63) is 202 Å². The third-order valence-corrected chi connectivity index (χ3v) is 17.2. The third kappa shape index (κ3) is 9.49. The highest BCUT2D eigenvalue weighted by Gasteiger charge is 2.23. The monoisotopic (exact) mass is 963 g/mol. The predicted molar refractivity (Wildman–Crippen MR) is 321 cm³/mol. The van der Waals surface area contributed by atoms with E-state index in [2.05, 4.69) is 192 Å². The van der Waals surface area contributed by atoms with Gasteiger partial charge in [0.25, 0.3) is 0 Å². The standard InChI is InChI=1S/C72H70N2/c1-5-15-51(16-6-1)47-55-27-35-59(36-28-55)73(60-37-29-56(30-38-60)48-52-17-7-2-8-18-52)69-45-43-65-64-24-14-26-68-70(46-44-66(72(64)68)63-23-13-25-67(69)71(63)65)74(61-39-31-57(32-40-61)49-53-19-9-3-10-20-53)62-41-33-58(34-42-62)50-54-21-11-4-12-22-54/h13-14,23-50H,1-12,15-22H2. The molecule has 9 aromatic rings. The van der Waals surface area contributed by atoms with Crippen molar-refractivity contribution in [2.45, 2.75) is 128 Å². The first kappa shape index (κ1) is 46.6. The Morgan fingerprint density at radius 3 is 0.743 bits per heavy atom. The molecule has 0 amide bonds. The van der Waals surface area contributed by atoms with Crippen LogP contribution in [0.1, 0.15) is 151 Å². The summed E-state index contributed by atoms with van der Waals surface area (Å²) in [5, 5.41) is 10.4. The Labute approximate surface area is 439 Å². The lowest BCUT2D eigenvalue weighted by molar-refractivity contribution is 0.602. The lowest BCUT2D eigenvalue weighted by Gasteiger charge is -2.29. The molecule has 0 spiro atoms. The first-order chi connectivity index (χ1) is 36.7. The molecule has 13 rings (SSSR count). The highest BCUT2D eigenvalue weighted by Crippen LogP contribution is 2.49. The van der Waals surface area contributed by atoms with Gasteiger partial charge in [-0.3, -0.25) is 0 Å². The predicted octanol–water partition coefficient (Wildman–Crippen LogP) is 22.1. The molecule has 2 nitrogen and oxygen atoms in total. The molecule has 4 saturated carbocycles. The van der Waals surface area contributed by atoms with Crippen LogP contribution in [0.2, 0.25) is 0 Å². The molecule has 74 heavy (non-hydrogen) atoms. The number of hydrogen-bond acceptors (Lipinski definition) is 2. The number of fused-ring (bicyclic) bond motifs is 2. The Bertz CT molecular complexity index is 3150. The van der Waals surface area contributed by atoms with E-state index >= 15 is 0 Å². The van der Waals surface area contributed by atoms with Crippen molar-refractivity contribution >= 4 is 102 Å². The number of nitrogens with zero attached hydrogens (tertiary/aromatic N) is 2. The molecular weight excluding hydrogens is 893 g/mol. The van der Waals surface area contributed by atoms with Gasteiger partial charge in [-0.05, 0) is 218 Å². The van der Waals surface area contributed by atoms with Crippen LogP contribution in [0.4, 0.5) is 34.1 Å². The fourth-order valence-corrected chi connectivity index (χ4v) is 13.3. The van der Waals surface area contributed by atoms with E-state index in [9.17, 15) is 0 Å². The van der Waals surface area contributed by atoms with Gasteiger partial charge in [-0.25, -0.2) is 0 Å². The second-order valence-corrected chi connectivity index (χ2v) is 22.2. The van der Waals surface area contributed by atoms with Crippen LogP contribution in [-0.2, 0) is 0 Å². The van der Waals surface area contributed by atoms with Crippen LogP contribution in [0.5, 0.6) is 0 Å². The maximum Gasteiger partial charge on any atom is 0.0540 e. The number of hydrogen-bond donors (Lipinski definition) is 0. The van der Waals surface area contributed by atoms with E-state index in [1.165, 1.54) is 228 Å². The Morgan fingerprint density at radius 2 is 0.473 bits per heavy atom. The zero-order valence-corrected chi connectivity index (χ0v) is 43.4. The number of rotatable bonds is 10. The Kier molecular flexibility index (Phi) is 13.2. The summed E-state index contributed by atoms with van der Waals surface area (Å²) < 4.78 is 0. The molecule has 0 radical (unpaired) electrons. The Morgan fingerprint density at radius 1 is 0.230 bits per heavy atom. The van der Waals surface area contributed by atoms with Gasteiger partial charge < -0.3 is 9.80 Å². The van der Waals surface area contributed by atoms with Crippen LogP contribution in [0.25, 0.3) is 67.4 Å². The lowest BCUT2D eigenvalue weighted by atomic mass is 9.88. The summed E-state index contributed by atoms with van der Waals surface area (Å²) >= 11 is 0. The van der Waals surface area contributed by atoms with Crippen molar-refractivity contribution < 1.29 is 0 Å². The van der Waals surface area contributed by atoms with Gasteiger partial charge in [-0.1, -0.05) is 169 Å². The number of anilines is 6. The van der Waals surface area contributed by atoms with Gasteiger partial charge in [0.1, 0.15) is 0 Å². The minimum absolute atomic E-state index is 1.18. The van der Waals surface area contributed by atoms with Crippen LogP contribution in [0, 0.1) is 0 Å². The molecule has 0 aromatic heterocycles. The van der Waals surface area contributed by atoms with Gasteiger partial charge >= 0.3 is 0 Å². The highest BCUT2D eigenvalue weighted by molar-refractivity contribution is 6.35. The topological polar surface area (TPSA) is 6.48 Å². The van der Waals surface area contributed by atoms with Crippen molar-refractivity contribution in [1.29, 1.82) is 0 Å². The quantitative estimate of drug-likeness (QED) is 0.0995. The van der Waals surface area contributed by atoms with Gasteiger partial charge in [0.05, 0.1) is 11.4 Å². The van der Waals surface area contributed by atoms with Gasteiger partial charge in [0.2, 0.25) is 0 Å². The van der Waals surface area contributed by atoms with Crippen LogP contribution in [-0.4, -0.2) is 0 Å². The molecule has 0 bridgehead atoms. The van der Waals surface area contributed by atoms with E-state index in [1.807, 2.05) is 0 Å². The van der Waals surface area contributed by atoms with E-state index in [1.54, 1.807) is 22.3 Å². The molecule has 0 N–H and O–H groups in total. The summed E-state index contributed by atoms with van der Waals surface area (Å²) in [6.07, 6.45) is 35.6. The Hall–Kier alpha value is -7.16. The first-order valence-corrected chi connectivity index (χ1v) is 28.6. The second kappa shape index (κ2) is 21.0. The fourth-order valence-electron chi connectivity index (χ4n) is 13.3. The summed E-state index contributed by atoms with van der Waals surface area (Å²) in [5.74, 6) is 0. The van der Waals surface area contributed by atoms with Crippen molar-refractivity contribution in [3.63, 3.8) is 0 Å². The zero-order chi connectivity index (χ0) is 49.2. The minimum atomic E-state index is 1.18. The minimum Gasteiger partial charge on any atom is -0.310 e. The van der Waals surface area contributed by atoms with Crippen molar-refractivity contribution in [1.82, 2.24) is 0 Å². The maximum absolute atomic E-state index is 2.50. The average Bonchev–Trinajstić information content (AvgIpc) is 3.47. The normalized spacial score (nSPS) is 16.5. The van der Waals surface area contributed by atoms with Crippen LogP contribution < -0.4 is 9.80 Å². The van der Waals surface area contributed by atoms with Gasteiger partial charge in [-0.15, -0.1) is 0 Å². The first-order valence-electron chi connectivity index (χ1n) is 28.6. The van der Waals surface area contributed by atoms with Gasteiger partial charge in [0, 0.05) is 33.5 Å². The molecular formula is C72H70N2. The molecule has 0 unspecified atom stereocenters. The largest absolute Gasteiger partial charge is 0.310 e. The maximum atomic E-state index is 2.50. The van der Waals surface area contributed by atoms with Crippen molar-refractivity contribution in [2.75, 3.05) is 9.80 Å². The zero-order valence-electron chi connectivity index (χ0n) is 43.4. The molecule has 4 fully saturated rings.